The van der Waals surface area contributed by atoms with Crippen LogP contribution in [0.15, 0.2) is 79.1 Å². The number of fused-ring (bicyclic) bond motifs is 1. The summed E-state index contributed by atoms with van der Waals surface area (Å²) in [6.07, 6.45) is 2.19. The highest BCUT2D eigenvalue weighted by Gasteiger charge is 2.17. The van der Waals surface area contributed by atoms with Gasteiger partial charge in [-0.15, -0.1) is 0 Å². The van der Waals surface area contributed by atoms with Crippen LogP contribution in [0.3, 0.4) is 0 Å². The van der Waals surface area contributed by atoms with E-state index in [1.54, 1.807) is 0 Å². The molecule has 0 saturated heterocycles. The lowest BCUT2D eigenvalue weighted by Crippen LogP contribution is -2.33. The number of para-hydroxylation sites is 4. The minimum absolute atomic E-state index is 0.169. The van der Waals surface area contributed by atoms with E-state index in [9.17, 15) is 0 Å². The Kier molecular flexibility index (Phi) is 6.50. The van der Waals surface area contributed by atoms with Crippen molar-refractivity contribution in [3.8, 4) is 11.5 Å². The van der Waals surface area contributed by atoms with Crippen LogP contribution in [0.4, 0.5) is 0 Å². The Labute approximate surface area is 191 Å². The fraction of sp³-hybridized carbons (Fsp3) is 0.321. The molecule has 166 valence electrons. The fourth-order valence-electron chi connectivity index (χ4n) is 3.95. The van der Waals surface area contributed by atoms with Crippen LogP contribution in [-0.2, 0) is 18.5 Å². The number of hydrogen-bond donors (Lipinski definition) is 0. The summed E-state index contributed by atoms with van der Waals surface area (Å²) in [5.41, 5.74) is 5.26. The Hall–Kier alpha value is -3.27. The monoisotopic (exact) mass is 429 g/mol. The maximum absolute atomic E-state index is 6.06. The Balaban J connectivity index is 1.50. The predicted molar refractivity (Wildman–Crippen MR) is 129 cm³/mol. The Morgan fingerprint density at radius 2 is 1.47 bits per heavy atom. The first-order valence-electron chi connectivity index (χ1n) is 11.4. The molecule has 0 aliphatic carbocycles. The first kappa shape index (κ1) is 21.9. The van der Waals surface area contributed by atoms with Crippen LogP contribution in [0.1, 0.15) is 38.8 Å². The standard InChI is InChI=1S/C28H33N2O2/c1-5-31-26-12-8-9-13-27(26)32-19-18-29-21-30(25-11-7-6-10-24(25)29)20-22-14-16-23(17-15-22)28(2,3)4/h6-17,21H,5,18-20H2,1-4H3/q+1. The van der Waals surface area contributed by atoms with Crippen molar-refractivity contribution >= 4 is 11.0 Å². The molecule has 1 aromatic heterocycles. The zero-order valence-electron chi connectivity index (χ0n) is 19.5. The summed E-state index contributed by atoms with van der Waals surface area (Å²) in [5.74, 6) is 1.58. The van der Waals surface area contributed by atoms with Gasteiger partial charge in [-0.05, 0) is 47.7 Å². The molecule has 32 heavy (non-hydrogen) atoms. The molecular formula is C28H33N2O2+. The zero-order chi connectivity index (χ0) is 22.6. The van der Waals surface area contributed by atoms with Crippen molar-refractivity contribution in [3.63, 3.8) is 0 Å². The molecule has 4 aromatic rings. The molecule has 0 atom stereocenters. The molecule has 0 bridgehead atoms. The molecule has 4 nitrogen and oxygen atoms in total. The quantitative estimate of drug-likeness (QED) is 0.333. The van der Waals surface area contributed by atoms with E-state index in [2.05, 4.69) is 84.8 Å². The number of hydrogen-bond acceptors (Lipinski definition) is 2. The van der Waals surface area contributed by atoms with Crippen molar-refractivity contribution in [2.24, 2.45) is 0 Å². The molecule has 0 spiro atoms. The second-order valence-corrected chi connectivity index (χ2v) is 9.10. The van der Waals surface area contributed by atoms with E-state index < -0.39 is 0 Å². The van der Waals surface area contributed by atoms with Crippen LogP contribution < -0.4 is 14.0 Å². The molecule has 0 N–H and O–H groups in total. The summed E-state index contributed by atoms with van der Waals surface area (Å²) in [4.78, 5) is 0. The summed E-state index contributed by atoms with van der Waals surface area (Å²) in [6.45, 7) is 11.5. The second kappa shape index (κ2) is 9.47. The van der Waals surface area contributed by atoms with E-state index in [1.165, 1.54) is 22.2 Å². The van der Waals surface area contributed by atoms with Crippen LogP contribution in [-0.4, -0.2) is 17.8 Å². The van der Waals surface area contributed by atoms with Gasteiger partial charge in [-0.2, -0.15) is 0 Å². The predicted octanol–water partition coefficient (Wildman–Crippen LogP) is 5.75. The first-order valence-corrected chi connectivity index (χ1v) is 11.4. The fourth-order valence-corrected chi connectivity index (χ4v) is 3.95. The van der Waals surface area contributed by atoms with Crippen molar-refractivity contribution in [2.45, 2.75) is 46.2 Å². The molecule has 0 amide bonds. The van der Waals surface area contributed by atoms with Gasteiger partial charge in [0.15, 0.2) is 22.5 Å². The average molecular weight is 430 g/mol. The van der Waals surface area contributed by atoms with Gasteiger partial charge >= 0.3 is 0 Å². The number of nitrogens with zero attached hydrogens (tertiary/aromatic N) is 2. The SMILES string of the molecule is CCOc1ccccc1OCCn1c[n+](Cc2ccc(C(C)(C)C)cc2)c2ccccc21. The summed E-state index contributed by atoms with van der Waals surface area (Å²) in [5, 5.41) is 0. The van der Waals surface area contributed by atoms with Gasteiger partial charge in [-0.3, -0.25) is 0 Å². The highest BCUT2D eigenvalue weighted by Crippen LogP contribution is 2.26. The second-order valence-electron chi connectivity index (χ2n) is 9.10. The lowest BCUT2D eigenvalue weighted by molar-refractivity contribution is -0.663. The lowest BCUT2D eigenvalue weighted by Gasteiger charge is -2.18. The first-order chi connectivity index (χ1) is 15.5. The van der Waals surface area contributed by atoms with Gasteiger partial charge in [-0.1, -0.05) is 69.3 Å². The van der Waals surface area contributed by atoms with Crippen molar-refractivity contribution < 1.29 is 14.0 Å². The maximum Gasteiger partial charge on any atom is 0.245 e. The Morgan fingerprint density at radius 3 is 2.16 bits per heavy atom. The highest BCUT2D eigenvalue weighted by atomic mass is 16.5. The topological polar surface area (TPSA) is 27.3 Å². The van der Waals surface area contributed by atoms with Crippen molar-refractivity contribution in [1.29, 1.82) is 0 Å². The molecule has 0 radical (unpaired) electrons. The number of aromatic nitrogens is 2. The maximum atomic E-state index is 6.06. The largest absolute Gasteiger partial charge is 0.490 e. The third kappa shape index (κ3) is 4.96. The van der Waals surface area contributed by atoms with Crippen LogP contribution in [0.2, 0.25) is 0 Å². The van der Waals surface area contributed by atoms with Gasteiger partial charge in [0.1, 0.15) is 19.7 Å². The van der Waals surface area contributed by atoms with Gasteiger partial charge < -0.3 is 9.47 Å². The Morgan fingerprint density at radius 1 is 0.812 bits per heavy atom. The van der Waals surface area contributed by atoms with Crippen molar-refractivity contribution in [3.05, 3.63) is 90.3 Å². The summed E-state index contributed by atoms with van der Waals surface area (Å²) >= 11 is 0. The van der Waals surface area contributed by atoms with Gasteiger partial charge in [0.05, 0.1) is 6.61 Å². The van der Waals surface area contributed by atoms with Crippen molar-refractivity contribution in [1.82, 2.24) is 4.57 Å². The third-order valence-electron chi connectivity index (χ3n) is 5.69. The normalized spacial score (nSPS) is 11.6. The van der Waals surface area contributed by atoms with Gasteiger partial charge in [0.25, 0.3) is 0 Å². The van der Waals surface area contributed by atoms with Crippen molar-refractivity contribution in [2.75, 3.05) is 13.2 Å². The minimum atomic E-state index is 0.169. The van der Waals surface area contributed by atoms with E-state index in [4.69, 9.17) is 9.47 Å². The average Bonchev–Trinajstić information content (AvgIpc) is 3.12. The highest BCUT2D eigenvalue weighted by molar-refractivity contribution is 5.71. The molecule has 0 fully saturated rings. The number of rotatable bonds is 8. The molecule has 0 aliphatic heterocycles. The molecule has 3 aromatic carbocycles. The summed E-state index contributed by atoms with van der Waals surface area (Å²) < 4.78 is 16.3. The number of imidazole rings is 1. The molecule has 0 aliphatic rings. The molecular weight excluding hydrogens is 396 g/mol. The Bertz CT molecular complexity index is 1170. The van der Waals surface area contributed by atoms with E-state index >= 15 is 0 Å². The van der Waals surface area contributed by atoms with E-state index in [0.29, 0.717) is 13.2 Å². The number of ether oxygens (including phenoxy) is 2. The molecule has 1 heterocycles. The molecule has 0 unspecified atom stereocenters. The summed E-state index contributed by atoms with van der Waals surface area (Å²) in [7, 11) is 0. The minimum Gasteiger partial charge on any atom is -0.490 e. The summed E-state index contributed by atoms with van der Waals surface area (Å²) in [6, 6.07) is 25.4. The number of benzene rings is 3. The molecule has 4 heteroatoms. The third-order valence-corrected chi connectivity index (χ3v) is 5.69. The van der Waals surface area contributed by atoms with Crippen LogP contribution >= 0.6 is 0 Å². The molecule has 0 saturated carbocycles. The van der Waals surface area contributed by atoms with Crippen LogP contribution in [0.25, 0.3) is 11.0 Å². The molecule has 4 rings (SSSR count). The van der Waals surface area contributed by atoms with E-state index in [0.717, 1.165) is 24.6 Å². The van der Waals surface area contributed by atoms with E-state index in [1.807, 2.05) is 31.2 Å². The van der Waals surface area contributed by atoms with Gasteiger partial charge in [0, 0.05) is 0 Å². The van der Waals surface area contributed by atoms with E-state index in [-0.39, 0.29) is 5.41 Å². The van der Waals surface area contributed by atoms with Crippen LogP contribution in [0.5, 0.6) is 11.5 Å². The van der Waals surface area contributed by atoms with Gasteiger partial charge in [-0.25, -0.2) is 9.13 Å². The smallest absolute Gasteiger partial charge is 0.245 e. The van der Waals surface area contributed by atoms with Crippen LogP contribution in [0, 0.1) is 0 Å². The lowest BCUT2D eigenvalue weighted by atomic mass is 9.87. The zero-order valence-corrected chi connectivity index (χ0v) is 19.5. The van der Waals surface area contributed by atoms with Gasteiger partial charge in [0.2, 0.25) is 6.33 Å².